The van der Waals surface area contributed by atoms with Gasteiger partial charge in [0, 0.05) is 0 Å². The van der Waals surface area contributed by atoms with Crippen molar-refractivity contribution in [1.82, 2.24) is 9.03 Å². The summed E-state index contributed by atoms with van der Waals surface area (Å²) in [7, 11) is -4.16. The summed E-state index contributed by atoms with van der Waals surface area (Å²) in [6.45, 7) is 1.84. The first kappa shape index (κ1) is 20.9. The molecular weight excluding hydrogens is 416 g/mol. The van der Waals surface area contributed by atoms with E-state index in [0.29, 0.717) is 11.3 Å². The third kappa shape index (κ3) is 3.99. The fourth-order valence-corrected chi connectivity index (χ4v) is 5.04. The summed E-state index contributed by atoms with van der Waals surface area (Å²) < 4.78 is 41.6. The number of esters is 1. The van der Waals surface area contributed by atoms with Gasteiger partial charge in [0.15, 0.2) is 11.3 Å². The molecule has 8 heteroatoms. The number of carbonyl (C=O) groups is 1. The van der Waals surface area contributed by atoms with E-state index >= 15 is 0 Å². The fourth-order valence-electron chi connectivity index (χ4n) is 3.54. The summed E-state index contributed by atoms with van der Waals surface area (Å²) in [6.07, 6.45) is 3.02. The molecule has 0 fully saturated rings. The Morgan fingerprint density at radius 3 is 2.32 bits per heavy atom. The number of benzene rings is 2. The molecule has 3 aromatic rings. The third-order valence-corrected chi connectivity index (χ3v) is 6.46. The number of hydrogen-bond acceptors (Lipinski definition) is 5. The summed E-state index contributed by atoms with van der Waals surface area (Å²) in [5.41, 5.74) is -0.246. The molecule has 160 valence electrons. The summed E-state index contributed by atoms with van der Waals surface area (Å²) in [5.74, 6) is -0.390. The van der Waals surface area contributed by atoms with E-state index in [1.54, 1.807) is 55.5 Å². The second-order valence-electron chi connectivity index (χ2n) is 7.00. The Hall–Kier alpha value is -3.36. The van der Waals surface area contributed by atoms with Crippen molar-refractivity contribution >= 4 is 21.9 Å². The highest BCUT2D eigenvalue weighted by Gasteiger charge is 2.50. The molecule has 0 aliphatic carbocycles. The molecule has 1 aliphatic rings. The van der Waals surface area contributed by atoms with Crippen molar-refractivity contribution in [1.29, 1.82) is 0 Å². The Morgan fingerprint density at radius 2 is 1.71 bits per heavy atom. The molecule has 4 rings (SSSR count). The van der Waals surface area contributed by atoms with Crippen LogP contribution in [0.1, 0.15) is 23.8 Å². The molecule has 0 radical (unpaired) electrons. The lowest BCUT2D eigenvalue weighted by Crippen LogP contribution is -2.58. The highest BCUT2D eigenvalue weighted by atomic mass is 32.2. The lowest BCUT2D eigenvalue weighted by atomic mass is 9.89. The average molecular weight is 439 g/mol. The molecule has 0 saturated heterocycles. The van der Waals surface area contributed by atoms with Gasteiger partial charge in [-0.3, -0.25) is 0 Å². The first-order valence-corrected chi connectivity index (χ1v) is 11.3. The van der Waals surface area contributed by atoms with E-state index in [2.05, 4.69) is 4.72 Å². The van der Waals surface area contributed by atoms with E-state index in [1.165, 1.54) is 10.6 Å². The maximum absolute atomic E-state index is 13.5. The van der Waals surface area contributed by atoms with E-state index in [4.69, 9.17) is 9.15 Å². The summed E-state index contributed by atoms with van der Waals surface area (Å²) >= 11 is 0. The molecule has 1 atom stereocenters. The molecule has 1 N–H and O–H groups in total. The van der Waals surface area contributed by atoms with Crippen LogP contribution in [0.5, 0.6) is 0 Å². The van der Waals surface area contributed by atoms with Gasteiger partial charge in [-0.15, -0.1) is 0 Å². The van der Waals surface area contributed by atoms with Crippen LogP contribution in [-0.4, -0.2) is 25.3 Å². The number of ether oxygens (including phenoxy) is 1. The van der Waals surface area contributed by atoms with Crippen molar-refractivity contribution < 1.29 is 22.4 Å². The predicted octanol–water partition coefficient (Wildman–Crippen LogP) is 3.43. The zero-order chi connectivity index (χ0) is 21.9. The van der Waals surface area contributed by atoms with Crippen molar-refractivity contribution in [2.45, 2.75) is 19.0 Å². The molecular formula is C23H22N2O5S. The number of nitrogens with one attached hydrogen (secondary N) is 1. The highest BCUT2D eigenvalue weighted by Crippen LogP contribution is 2.38. The van der Waals surface area contributed by atoms with Crippen LogP contribution in [-0.2, 0) is 31.8 Å². The van der Waals surface area contributed by atoms with E-state index < -0.39 is 21.7 Å². The maximum Gasteiger partial charge on any atom is 0.336 e. The minimum Gasteiger partial charge on any atom is -0.464 e. The minimum atomic E-state index is -4.16. The number of hydrogen-bond donors (Lipinski definition) is 1. The van der Waals surface area contributed by atoms with Crippen LogP contribution < -0.4 is 4.72 Å². The van der Waals surface area contributed by atoms with Gasteiger partial charge in [-0.05, 0) is 36.3 Å². The highest BCUT2D eigenvalue weighted by molar-refractivity contribution is 7.87. The third-order valence-electron chi connectivity index (χ3n) is 4.97. The number of rotatable bonds is 6. The zero-order valence-corrected chi connectivity index (χ0v) is 17.7. The van der Waals surface area contributed by atoms with Gasteiger partial charge >= 0.3 is 16.2 Å². The van der Waals surface area contributed by atoms with Gasteiger partial charge in [-0.2, -0.15) is 13.1 Å². The van der Waals surface area contributed by atoms with Crippen molar-refractivity contribution in [2.75, 3.05) is 6.61 Å². The number of carbonyl (C=O) groups excluding carboxylic acids is 1. The van der Waals surface area contributed by atoms with Crippen molar-refractivity contribution in [3.63, 3.8) is 0 Å². The predicted molar refractivity (Wildman–Crippen MR) is 115 cm³/mol. The Labute approximate surface area is 181 Å². The van der Waals surface area contributed by atoms with Crippen LogP contribution in [0, 0.1) is 0 Å². The lowest BCUT2D eigenvalue weighted by molar-refractivity contribution is -0.148. The molecule has 1 aliphatic heterocycles. The Bertz CT molecular complexity index is 1180. The second kappa shape index (κ2) is 8.41. The van der Waals surface area contributed by atoms with Crippen LogP contribution >= 0.6 is 0 Å². The van der Waals surface area contributed by atoms with Crippen molar-refractivity contribution in [2.24, 2.45) is 0 Å². The first-order chi connectivity index (χ1) is 15.0. The standard InChI is InChI=1S/C23H22N2O5S/c1-2-29-22(26)23(19-12-7-4-8-13-19)16-20(21-14-9-15-30-21)25(31(27,28)24-23)17-18-10-5-3-6-11-18/h3-16,24H,2,17H2,1H3/t23-/m0/s1. The van der Waals surface area contributed by atoms with Gasteiger partial charge < -0.3 is 9.15 Å². The Balaban J connectivity index is 1.93. The topological polar surface area (TPSA) is 88.8 Å². The molecule has 0 saturated carbocycles. The van der Waals surface area contributed by atoms with Gasteiger partial charge in [-0.1, -0.05) is 60.7 Å². The Morgan fingerprint density at radius 1 is 1.03 bits per heavy atom. The molecule has 1 aromatic heterocycles. The SMILES string of the molecule is CCOC(=O)[C@@]1(c2ccccc2)C=C(c2ccco2)N(Cc2ccccc2)S(=O)(=O)N1. The Kier molecular flexibility index (Phi) is 5.67. The van der Waals surface area contributed by atoms with Crippen LogP contribution in [0.25, 0.3) is 5.70 Å². The normalized spacial score (nSPS) is 20.2. The molecule has 0 amide bonds. The summed E-state index contributed by atoms with van der Waals surface area (Å²) in [6, 6.07) is 21.2. The number of nitrogens with zero attached hydrogens (tertiary/aromatic N) is 1. The maximum atomic E-state index is 13.5. The van der Waals surface area contributed by atoms with Gasteiger partial charge in [0.1, 0.15) is 0 Å². The van der Waals surface area contributed by atoms with Crippen LogP contribution in [0.3, 0.4) is 0 Å². The summed E-state index contributed by atoms with van der Waals surface area (Å²) in [4.78, 5) is 13.1. The smallest absolute Gasteiger partial charge is 0.336 e. The van der Waals surface area contributed by atoms with E-state index in [1.807, 2.05) is 30.3 Å². The van der Waals surface area contributed by atoms with Gasteiger partial charge in [0.2, 0.25) is 0 Å². The van der Waals surface area contributed by atoms with E-state index in [9.17, 15) is 13.2 Å². The van der Waals surface area contributed by atoms with E-state index in [0.717, 1.165) is 5.56 Å². The molecule has 0 bridgehead atoms. The molecule has 0 unspecified atom stereocenters. The first-order valence-electron chi connectivity index (χ1n) is 9.81. The van der Waals surface area contributed by atoms with Crippen molar-refractivity contribution in [3.05, 3.63) is 102 Å². The van der Waals surface area contributed by atoms with Gasteiger partial charge in [0.25, 0.3) is 0 Å². The molecule has 31 heavy (non-hydrogen) atoms. The number of furan rings is 1. The monoisotopic (exact) mass is 438 g/mol. The lowest BCUT2D eigenvalue weighted by Gasteiger charge is -2.39. The fraction of sp³-hybridized carbons (Fsp3) is 0.174. The molecule has 7 nitrogen and oxygen atoms in total. The van der Waals surface area contributed by atoms with Crippen LogP contribution in [0.15, 0.2) is 89.6 Å². The molecule has 2 heterocycles. The van der Waals surface area contributed by atoms with Crippen LogP contribution in [0.4, 0.5) is 0 Å². The second-order valence-corrected chi connectivity index (χ2v) is 8.60. The van der Waals surface area contributed by atoms with Gasteiger partial charge in [0.05, 0.1) is 25.1 Å². The van der Waals surface area contributed by atoms with E-state index in [-0.39, 0.29) is 18.8 Å². The molecule has 0 spiro atoms. The summed E-state index contributed by atoms with van der Waals surface area (Å²) in [5, 5.41) is 0. The average Bonchev–Trinajstić information content (AvgIpc) is 3.31. The van der Waals surface area contributed by atoms with Gasteiger partial charge in [-0.25, -0.2) is 9.10 Å². The minimum absolute atomic E-state index is 0.0659. The molecule has 2 aromatic carbocycles. The largest absolute Gasteiger partial charge is 0.464 e. The quantitative estimate of drug-likeness (QED) is 0.596. The zero-order valence-electron chi connectivity index (χ0n) is 16.9. The van der Waals surface area contributed by atoms with Crippen molar-refractivity contribution in [3.8, 4) is 0 Å². The van der Waals surface area contributed by atoms with Crippen LogP contribution in [0.2, 0.25) is 0 Å².